The van der Waals surface area contributed by atoms with E-state index in [1.165, 1.54) is 42.7 Å². The molecular weight excluding hydrogens is 545 g/mol. The van der Waals surface area contributed by atoms with Gasteiger partial charge in [0, 0.05) is 38.6 Å². The molecule has 2 N–H and O–H groups in total. The number of amides is 1. The van der Waals surface area contributed by atoms with E-state index in [9.17, 15) is 34.8 Å². The Morgan fingerprint density at radius 2 is 1.67 bits per heavy atom. The number of nitrogens with one attached hydrogen (secondary N) is 2. The lowest BCUT2D eigenvalue weighted by molar-refractivity contribution is -0.137. The van der Waals surface area contributed by atoms with Gasteiger partial charge < -0.3 is 5.32 Å². The van der Waals surface area contributed by atoms with Crippen LogP contribution in [0.3, 0.4) is 0 Å². The monoisotopic (exact) mass is 568 g/mol. The maximum atomic E-state index is 13.1. The normalized spacial score (nSPS) is 17.7. The molecule has 0 aromatic heterocycles. The quantitative estimate of drug-likeness (QED) is 0.529. The molecule has 0 spiro atoms. The van der Waals surface area contributed by atoms with Crippen molar-refractivity contribution in [2.75, 3.05) is 37.2 Å². The summed E-state index contributed by atoms with van der Waals surface area (Å²) in [6.07, 6.45) is -3.76. The third-order valence-electron chi connectivity index (χ3n) is 5.50. The number of benzene rings is 2. The van der Waals surface area contributed by atoms with Crippen LogP contribution in [-0.2, 0) is 31.2 Å². The molecule has 0 aliphatic carbocycles. The third-order valence-corrected chi connectivity index (χ3v) is 9.13. The van der Waals surface area contributed by atoms with Gasteiger partial charge in [0.25, 0.3) is 20.2 Å². The predicted octanol–water partition coefficient (Wildman–Crippen LogP) is 3.62. The van der Waals surface area contributed by atoms with E-state index in [1.807, 2.05) is 0 Å². The van der Waals surface area contributed by atoms with Crippen molar-refractivity contribution in [3.63, 3.8) is 0 Å². The topological polar surface area (TPSA) is 116 Å². The van der Waals surface area contributed by atoms with Gasteiger partial charge in [-0.05, 0) is 55.3 Å². The van der Waals surface area contributed by atoms with E-state index in [0.717, 1.165) is 16.4 Å². The minimum atomic E-state index is -4.76. The van der Waals surface area contributed by atoms with Crippen molar-refractivity contribution in [2.45, 2.75) is 23.9 Å². The molecule has 2 aromatic carbocycles. The summed E-state index contributed by atoms with van der Waals surface area (Å²) >= 11 is 5.56. The molecule has 2 aromatic rings. The van der Waals surface area contributed by atoms with Crippen LogP contribution in [0.1, 0.15) is 18.4 Å². The summed E-state index contributed by atoms with van der Waals surface area (Å²) in [6, 6.07) is 7.66. The van der Waals surface area contributed by atoms with Gasteiger partial charge in [0.2, 0.25) is 5.91 Å². The zero-order chi connectivity index (χ0) is 26.9. The van der Waals surface area contributed by atoms with E-state index < -0.39 is 48.8 Å². The van der Waals surface area contributed by atoms with Gasteiger partial charge in [-0.25, -0.2) is 8.42 Å². The van der Waals surface area contributed by atoms with Crippen LogP contribution in [0, 0.1) is 5.92 Å². The summed E-state index contributed by atoms with van der Waals surface area (Å²) in [4.78, 5) is 12.4. The standard InChI is InChI=1S/C21H24ClF3N4O5S2/c1-28(2)36(33,34)29-11-3-4-14(13-29)20(30)26-15-5-8-17(9-6-15)35(31,32)27-16-7-10-19(22)18(12-16)21(23,24)25/h5-10,12,14,27H,3-4,11,13H2,1-2H3,(H,26,30)/t14-/m0/s1. The van der Waals surface area contributed by atoms with E-state index in [0.29, 0.717) is 25.5 Å². The van der Waals surface area contributed by atoms with Crippen LogP contribution in [0.5, 0.6) is 0 Å². The Morgan fingerprint density at radius 3 is 2.25 bits per heavy atom. The highest BCUT2D eigenvalue weighted by Gasteiger charge is 2.34. The average molecular weight is 569 g/mol. The summed E-state index contributed by atoms with van der Waals surface area (Å²) in [5, 5.41) is 2.08. The maximum Gasteiger partial charge on any atom is 0.417 e. The van der Waals surface area contributed by atoms with Gasteiger partial charge >= 0.3 is 6.18 Å². The Bertz CT molecular complexity index is 1330. The van der Waals surface area contributed by atoms with Gasteiger partial charge in [0.1, 0.15) is 0 Å². The first kappa shape index (κ1) is 28.2. The number of anilines is 2. The Morgan fingerprint density at radius 1 is 1.06 bits per heavy atom. The fraction of sp³-hybridized carbons (Fsp3) is 0.381. The van der Waals surface area contributed by atoms with Gasteiger partial charge in [0.05, 0.1) is 21.4 Å². The molecule has 0 saturated carbocycles. The van der Waals surface area contributed by atoms with Crippen LogP contribution in [-0.4, -0.2) is 58.5 Å². The molecule has 1 heterocycles. The Balaban J connectivity index is 1.69. The number of carbonyl (C=O) groups is 1. The van der Waals surface area contributed by atoms with Crippen molar-refractivity contribution in [2.24, 2.45) is 5.92 Å². The summed E-state index contributed by atoms with van der Waals surface area (Å²) < 4.78 is 93.5. The van der Waals surface area contributed by atoms with Gasteiger partial charge in [-0.15, -0.1) is 0 Å². The number of halogens is 4. The lowest BCUT2D eigenvalue weighted by Gasteiger charge is -2.32. The second-order valence-electron chi connectivity index (χ2n) is 8.30. The van der Waals surface area contributed by atoms with Gasteiger partial charge in [-0.3, -0.25) is 9.52 Å². The highest BCUT2D eigenvalue weighted by molar-refractivity contribution is 7.92. The Hall–Kier alpha value is -2.39. The molecule has 0 unspecified atom stereocenters. The van der Waals surface area contributed by atoms with E-state index in [1.54, 1.807) is 0 Å². The molecule has 0 radical (unpaired) electrons. The summed E-state index contributed by atoms with van der Waals surface area (Å²) in [6.45, 7) is 0.325. The molecule has 0 bridgehead atoms. The first-order chi connectivity index (χ1) is 16.6. The van der Waals surface area contributed by atoms with Crippen molar-refractivity contribution >= 4 is 49.1 Å². The lowest BCUT2D eigenvalue weighted by Crippen LogP contribution is -2.47. The van der Waals surface area contributed by atoms with Crippen LogP contribution in [0.2, 0.25) is 5.02 Å². The Kier molecular flexibility index (Phi) is 8.25. The van der Waals surface area contributed by atoms with Crippen LogP contribution in [0.4, 0.5) is 24.5 Å². The second kappa shape index (κ2) is 10.5. The number of hydrogen-bond acceptors (Lipinski definition) is 5. The fourth-order valence-electron chi connectivity index (χ4n) is 3.58. The molecule has 9 nitrogen and oxygen atoms in total. The highest BCUT2D eigenvalue weighted by Crippen LogP contribution is 2.36. The minimum absolute atomic E-state index is 0.0176. The molecule has 198 valence electrons. The number of rotatable bonds is 7. The second-order valence-corrected chi connectivity index (χ2v) is 12.5. The smallest absolute Gasteiger partial charge is 0.326 e. The van der Waals surface area contributed by atoms with Crippen LogP contribution < -0.4 is 10.0 Å². The first-order valence-corrected chi connectivity index (χ1v) is 13.8. The van der Waals surface area contributed by atoms with Crippen molar-refractivity contribution in [3.8, 4) is 0 Å². The average Bonchev–Trinajstić information content (AvgIpc) is 2.79. The number of piperidine rings is 1. The third kappa shape index (κ3) is 6.48. The van der Waals surface area contributed by atoms with Crippen molar-refractivity contribution in [1.29, 1.82) is 0 Å². The predicted molar refractivity (Wildman–Crippen MR) is 129 cm³/mol. The molecule has 1 atom stereocenters. The zero-order valence-corrected chi connectivity index (χ0v) is 21.6. The Labute approximate surface area is 212 Å². The number of hydrogen-bond donors (Lipinski definition) is 2. The zero-order valence-electron chi connectivity index (χ0n) is 19.2. The molecule has 1 saturated heterocycles. The summed E-state index contributed by atoms with van der Waals surface area (Å²) in [5.41, 5.74) is -1.22. The number of carbonyl (C=O) groups excluding carboxylic acids is 1. The van der Waals surface area contributed by atoms with Crippen LogP contribution >= 0.6 is 11.6 Å². The van der Waals surface area contributed by atoms with Crippen LogP contribution in [0.25, 0.3) is 0 Å². The molecule has 1 aliphatic rings. The largest absolute Gasteiger partial charge is 0.417 e. The highest BCUT2D eigenvalue weighted by atomic mass is 35.5. The van der Waals surface area contributed by atoms with Gasteiger partial charge in [-0.2, -0.15) is 30.2 Å². The van der Waals surface area contributed by atoms with Gasteiger partial charge in [-0.1, -0.05) is 11.6 Å². The number of alkyl halides is 3. The molecule has 3 rings (SSSR count). The van der Waals surface area contributed by atoms with Crippen LogP contribution in [0.15, 0.2) is 47.4 Å². The SMILES string of the molecule is CN(C)S(=O)(=O)N1CCC[C@H](C(=O)Nc2ccc(S(=O)(=O)Nc3ccc(Cl)c(C(F)(F)F)c3)cc2)C1. The molecule has 15 heteroatoms. The molecule has 1 fully saturated rings. The van der Waals surface area contributed by atoms with E-state index in [4.69, 9.17) is 11.6 Å². The number of sulfonamides is 1. The van der Waals surface area contributed by atoms with E-state index >= 15 is 0 Å². The molecule has 1 aliphatic heterocycles. The summed E-state index contributed by atoms with van der Waals surface area (Å²) in [7, 11) is -5.08. The lowest BCUT2D eigenvalue weighted by atomic mass is 9.99. The molecule has 1 amide bonds. The van der Waals surface area contributed by atoms with Crippen molar-refractivity contribution in [1.82, 2.24) is 8.61 Å². The number of nitrogens with zero attached hydrogens (tertiary/aromatic N) is 2. The maximum absolute atomic E-state index is 13.1. The van der Waals surface area contributed by atoms with Crippen molar-refractivity contribution < 1.29 is 34.8 Å². The van der Waals surface area contributed by atoms with E-state index in [2.05, 4.69) is 10.0 Å². The van der Waals surface area contributed by atoms with Gasteiger partial charge in [0.15, 0.2) is 0 Å². The molecular formula is C21H24ClF3N4O5S2. The molecule has 36 heavy (non-hydrogen) atoms. The first-order valence-electron chi connectivity index (χ1n) is 10.6. The summed E-state index contributed by atoms with van der Waals surface area (Å²) in [5.74, 6) is -1.01. The minimum Gasteiger partial charge on any atom is -0.326 e. The van der Waals surface area contributed by atoms with E-state index in [-0.39, 0.29) is 22.8 Å². The van der Waals surface area contributed by atoms with Crippen molar-refractivity contribution in [3.05, 3.63) is 53.1 Å². The fourth-order valence-corrected chi connectivity index (χ4v) is 6.04.